The molecule has 4 nitrogen and oxygen atoms in total. The fraction of sp³-hybridized carbons (Fsp3) is 0.303. The third-order valence-electron chi connectivity index (χ3n) is 6.06. The fourth-order valence-electron chi connectivity index (χ4n) is 4.18. The number of hydrogen-bond donors (Lipinski definition) is 1. The van der Waals surface area contributed by atoms with Gasteiger partial charge in [-0.05, 0) is 50.8 Å². The van der Waals surface area contributed by atoms with Gasteiger partial charge < -0.3 is 9.84 Å². The highest BCUT2D eigenvalue weighted by molar-refractivity contribution is 5.76. The maximum Gasteiger partial charge on any atom is 0.337 e. The molecule has 0 unspecified atom stereocenters. The predicted octanol–water partition coefficient (Wildman–Crippen LogP) is 6.98. The number of aliphatic hydroxyl groups is 1. The number of benzene rings is 3. The topological polar surface area (TPSA) is 49.8 Å². The average molecular weight is 498 g/mol. The first-order valence-corrected chi connectivity index (χ1v) is 12.9. The van der Waals surface area contributed by atoms with Crippen LogP contribution in [0.3, 0.4) is 0 Å². The van der Waals surface area contributed by atoms with Crippen LogP contribution in [0.1, 0.15) is 56.8 Å². The van der Waals surface area contributed by atoms with Gasteiger partial charge in [-0.2, -0.15) is 0 Å². The molecule has 3 aromatic carbocycles. The van der Waals surface area contributed by atoms with E-state index in [-0.39, 0.29) is 6.04 Å². The van der Waals surface area contributed by atoms with Gasteiger partial charge in [0.15, 0.2) is 6.10 Å². The Morgan fingerprint density at radius 3 is 2.05 bits per heavy atom. The molecule has 3 atom stereocenters. The number of carbonyl (C=O) groups is 1. The van der Waals surface area contributed by atoms with Crippen molar-refractivity contribution in [2.45, 2.75) is 64.4 Å². The molecule has 0 aliphatic carbocycles. The van der Waals surface area contributed by atoms with E-state index in [1.165, 1.54) is 0 Å². The van der Waals surface area contributed by atoms with Gasteiger partial charge >= 0.3 is 5.97 Å². The van der Waals surface area contributed by atoms with Crippen molar-refractivity contribution in [3.05, 3.63) is 126 Å². The summed E-state index contributed by atoms with van der Waals surface area (Å²) in [5.74, 6) is -0.625. The molecule has 0 spiro atoms. The van der Waals surface area contributed by atoms with E-state index in [2.05, 4.69) is 60.4 Å². The summed E-state index contributed by atoms with van der Waals surface area (Å²) in [6.45, 7) is 8.10. The van der Waals surface area contributed by atoms with Crippen molar-refractivity contribution < 1.29 is 14.6 Å². The molecule has 4 heteroatoms. The number of rotatable bonds is 11. The van der Waals surface area contributed by atoms with Crippen LogP contribution in [-0.4, -0.2) is 33.7 Å². The van der Waals surface area contributed by atoms with Crippen molar-refractivity contribution in [2.24, 2.45) is 0 Å². The van der Waals surface area contributed by atoms with Crippen LogP contribution in [0.25, 0.3) is 6.08 Å². The Morgan fingerprint density at radius 2 is 1.46 bits per heavy atom. The third kappa shape index (κ3) is 9.16. The standard InChI is InChI=1S/C33H39NO3/c1-26(29-22-14-8-15-23-29)34(25-28-20-12-6-13-21-28)30(31(35)32(36)37-33(2,3)4)24-16-7-11-19-27-17-9-5-10-18-27/h5-6,8-24,26,30-31,35H,7,25H2,1-4H3/b19-11+,24-16+/t26-,30-,31-/m1/s1. The molecule has 0 fully saturated rings. The molecule has 0 aliphatic rings. The molecule has 0 radical (unpaired) electrons. The lowest BCUT2D eigenvalue weighted by Crippen LogP contribution is -2.48. The first-order chi connectivity index (χ1) is 17.7. The molecule has 194 valence electrons. The number of esters is 1. The Morgan fingerprint density at radius 1 is 0.892 bits per heavy atom. The van der Waals surface area contributed by atoms with Gasteiger partial charge in [0.2, 0.25) is 0 Å². The second kappa shape index (κ2) is 13.7. The van der Waals surface area contributed by atoms with E-state index in [9.17, 15) is 9.90 Å². The minimum absolute atomic E-state index is 0.0620. The predicted molar refractivity (Wildman–Crippen MR) is 152 cm³/mol. The van der Waals surface area contributed by atoms with Gasteiger partial charge in [0.25, 0.3) is 0 Å². The van der Waals surface area contributed by atoms with Crippen LogP contribution in [0, 0.1) is 0 Å². The van der Waals surface area contributed by atoms with Crippen LogP contribution < -0.4 is 0 Å². The second-order valence-corrected chi connectivity index (χ2v) is 10.2. The molecule has 0 heterocycles. The summed E-state index contributed by atoms with van der Waals surface area (Å²) in [5, 5.41) is 11.3. The second-order valence-electron chi connectivity index (χ2n) is 10.2. The molecule has 0 aromatic heterocycles. The molecule has 0 bridgehead atoms. The largest absolute Gasteiger partial charge is 0.458 e. The third-order valence-corrected chi connectivity index (χ3v) is 6.06. The first kappa shape index (κ1) is 28.1. The van der Waals surface area contributed by atoms with Crippen molar-refractivity contribution in [3.8, 4) is 0 Å². The van der Waals surface area contributed by atoms with Gasteiger partial charge in [-0.3, -0.25) is 4.90 Å². The van der Waals surface area contributed by atoms with Crippen molar-refractivity contribution in [3.63, 3.8) is 0 Å². The van der Waals surface area contributed by atoms with E-state index < -0.39 is 23.7 Å². The van der Waals surface area contributed by atoms with Gasteiger partial charge in [0.05, 0.1) is 6.04 Å². The summed E-state index contributed by atoms with van der Waals surface area (Å²) in [7, 11) is 0. The van der Waals surface area contributed by atoms with E-state index in [1.54, 1.807) is 0 Å². The van der Waals surface area contributed by atoms with Crippen LogP contribution in [0.4, 0.5) is 0 Å². The summed E-state index contributed by atoms with van der Waals surface area (Å²) in [6, 6.07) is 29.8. The van der Waals surface area contributed by atoms with Crippen molar-refractivity contribution in [1.82, 2.24) is 4.90 Å². The summed E-state index contributed by atoms with van der Waals surface area (Å²) in [6.07, 6.45) is 7.41. The number of nitrogens with zero attached hydrogens (tertiary/aromatic N) is 1. The molecule has 0 amide bonds. The van der Waals surface area contributed by atoms with Crippen molar-refractivity contribution in [1.29, 1.82) is 0 Å². The smallest absolute Gasteiger partial charge is 0.337 e. The fourth-order valence-corrected chi connectivity index (χ4v) is 4.18. The van der Waals surface area contributed by atoms with Gasteiger partial charge in [-0.25, -0.2) is 4.79 Å². The van der Waals surface area contributed by atoms with Crippen LogP contribution in [0.2, 0.25) is 0 Å². The molecule has 0 aliphatic heterocycles. The Kier molecular flexibility index (Phi) is 10.4. The molecule has 37 heavy (non-hydrogen) atoms. The zero-order valence-electron chi connectivity index (χ0n) is 22.3. The minimum atomic E-state index is -1.34. The SMILES string of the molecule is C[C@H](c1ccccc1)N(Cc1ccccc1)[C@H](/C=C/C/C=C/c1ccccc1)[C@@H](O)C(=O)OC(C)(C)C. The van der Waals surface area contributed by atoms with Gasteiger partial charge in [-0.1, -0.05) is 115 Å². The van der Waals surface area contributed by atoms with Gasteiger partial charge in [0, 0.05) is 12.6 Å². The van der Waals surface area contributed by atoms with Gasteiger partial charge in [0.1, 0.15) is 5.60 Å². The number of carbonyl (C=O) groups excluding carboxylic acids is 1. The van der Waals surface area contributed by atoms with E-state index >= 15 is 0 Å². The van der Waals surface area contributed by atoms with Crippen LogP contribution in [0.15, 0.2) is 109 Å². The Labute approximate surface area is 221 Å². The number of ether oxygens (including phenoxy) is 1. The molecule has 3 aromatic rings. The average Bonchev–Trinajstić information content (AvgIpc) is 2.89. The number of hydrogen-bond acceptors (Lipinski definition) is 4. The van der Waals surface area contributed by atoms with E-state index in [1.807, 2.05) is 87.5 Å². The minimum Gasteiger partial charge on any atom is -0.458 e. The highest BCUT2D eigenvalue weighted by atomic mass is 16.6. The highest BCUT2D eigenvalue weighted by Gasteiger charge is 2.35. The molecule has 0 saturated carbocycles. The van der Waals surface area contributed by atoms with E-state index in [4.69, 9.17) is 4.74 Å². The molecule has 1 N–H and O–H groups in total. The first-order valence-electron chi connectivity index (χ1n) is 12.9. The lowest BCUT2D eigenvalue weighted by atomic mass is 9.99. The number of aliphatic hydroxyl groups excluding tert-OH is 1. The maximum atomic E-state index is 13.0. The summed E-state index contributed by atoms with van der Waals surface area (Å²) in [4.78, 5) is 15.2. The zero-order chi connectivity index (χ0) is 26.7. The van der Waals surface area contributed by atoms with Crippen LogP contribution >= 0.6 is 0 Å². The summed E-state index contributed by atoms with van der Waals surface area (Å²) in [5.41, 5.74) is 2.64. The van der Waals surface area contributed by atoms with Crippen molar-refractivity contribution >= 4 is 12.0 Å². The zero-order valence-corrected chi connectivity index (χ0v) is 22.3. The molecule has 3 rings (SSSR count). The maximum absolute atomic E-state index is 13.0. The highest BCUT2D eigenvalue weighted by Crippen LogP contribution is 2.28. The van der Waals surface area contributed by atoms with Gasteiger partial charge in [-0.15, -0.1) is 0 Å². The molecular formula is C33H39NO3. The van der Waals surface area contributed by atoms with Crippen molar-refractivity contribution in [2.75, 3.05) is 0 Å². The van der Waals surface area contributed by atoms with E-state index in [0.717, 1.165) is 16.7 Å². The lowest BCUT2D eigenvalue weighted by molar-refractivity contribution is -0.168. The van der Waals surface area contributed by atoms with E-state index in [0.29, 0.717) is 13.0 Å². The monoisotopic (exact) mass is 497 g/mol. The molecular weight excluding hydrogens is 458 g/mol. The summed E-state index contributed by atoms with van der Waals surface area (Å²) < 4.78 is 5.59. The quantitative estimate of drug-likeness (QED) is 0.229. The Balaban J connectivity index is 1.92. The normalized spacial score (nSPS) is 14.6. The Hall–Kier alpha value is -3.47. The van der Waals surface area contributed by atoms with Crippen LogP contribution in [-0.2, 0) is 16.1 Å². The number of allylic oxidation sites excluding steroid dienone is 2. The summed E-state index contributed by atoms with van der Waals surface area (Å²) >= 11 is 0. The lowest BCUT2D eigenvalue weighted by Gasteiger charge is -2.37. The Bertz CT molecular complexity index is 1130. The molecule has 0 saturated heterocycles. The van der Waals surface area contributed by atoms with Crippen LogP contribution in [0.5, 0.6) is 0 Å².